The van der Waals surface area contributed by atoms with Crippen LogP contribution in [0.1, 0.15) is 12.5 Å². The van der Waals surface area contributed by atoms with E-state index in [2.05, 4.69) is 17.6 Å². The lowest BCUT2D eigenvalue weighted by Gasteiger charge is -2.11. The maximum Gasteiger partial charge on any atom is 0.319 e. The Morgan fingerprint density at radius 1 is 1.24 bits per heavy atom. The van der Waals surface area contributed by atoms with Crippen LogP contribution < -0.4 is 10.6 Å². The van der Waals surface area contributed by atoms with E-state index >= 15 is 0 Å². The van der Waals surface area contributed by atoms with Crippen LogP contribution >= 0.6 is 0 Å². The number of carbonyl (C=O) groups excluding carboxylic acids is 1. The van der Waals surface area contributed by atoms with E-state index in [-0.39, 0.29) is 6.03 Å². The molecule has 0 aliphatic rings. The van der Waals surface area contributed by atoms with E-state index in [9.17, 15) is 4.79 Å². The molecule has 0 saturated carbocycles. The molecule has 0 spiro atoms. The van der Waals surface area contributed by atoms with Crippen molar-refractivity contribution in [3.63, 3.8) is 0 Å². The molecule has 0 aliphatic carbocycles. The van der Waals surface area contributed by atoms with Crippen molar-refractivity contribution in [2.24, 2.45) is 0 Å². The maximum absolute atomic E-state index is 11.5. The molecule has 2 amide bonds. The minimum absolute atomic E-state index is 0.156. The van der Waals surface area contributed by atoms with Crippen LogP contribution in [0.4, 0.5) is 10.5 Å². The van der Waals surface area contributed by atoms with Gasteiger partial charge in [-0.15, -0.1) is 0 Å². The Hall–Kier alpha value is -1.55. The first-order valence-electron chi connectivity index (χ1n) is 5.90. The van der Waals surface area contributed by atoms with Crippen molar-refractivity contribution < 1.29 is 4.79 Å². The van der Waals surface area contributed by atoms with Crippen molar-refractivity contribution in [1.82, 2.24) is 10.2 Å². The molecule has 0 saturated heterocycles. The molecular formula is C13H21N3O. The minimum Gasteiger partial charge on any atom is -0.337 e. The highest BCUT2D eigenvalue weighted by atomic mass is 16.2. The molecule has 17 heavy (non-hydrogen) atoms. The van der Waals surface area contributed by atoms with E-state index in [4.69, 9.17) is 0 Å². The summed E-state index contributed by atoms with van der Waals surface area (Å²) in [6.07, 6.45) is 1.01. The Balaban J connectivity index is 2.34. The second-order valence-corrected chi connectivity index (χ2v) is 4.23. The van der Waals surface area contributed by atoms with Crippen LogP contribution in [-0.4, -0.2) is 38.1 Å². The quantitative estimate of drug-likeness (QED) is 0.819. The average Bonchev–Trinajstić information content (AvgIpc) is 2.29. The number of urea groups is 1. The summed E-state index contributed by atoms with van der Waals surface area (Å²) >= 11 is 0. The van der Waals surface area contributed by atoms with Gasteiger partial charge >= 0.3 is 6.03 Å². The number of hydrogen-bond acceptors (Lipinski definition) is 2. The van der Waals surface area contributed by atoms with Crippen LogP contribution in [0.5, 0.6) is 0 Å². The van der Waals surface area contributed by atoms with Gasteiger partial charge in [-0.2, -0.15) is 0 Å². The van der Waals surface area contributed by atoms with E-state index in [1.165, 1.54) is 5.56 Å². The fraction of sp³-hybridized carbons (Fsp3) is 0.462. The van der Waals surface area contributed by atoms with Crippen molar-refractivity contribution >= 4 is 11.7 Å². The molecule has 1 aromatic rings. The lowest BCUT2D eigenvalue weighted by molar-refractivity contribution is 0.250. The van der Waals surface area contributed by atoms with Gasteiger partial charge in [-0.1, -0.05) is 19.1 Å². The molecule has 0 aliphatic heterocycles. The molecule has 1 rings (SSSR count). The van der Waals surface area contributed by atoms with Crippen LogP contribution in [0.25, 0.3) is 0 Å². The second kappa shape index (κ2) is 6.91. The Morgan fingerprint density at radius 3 is 2.41 bits per heavy atom. The first-order chi connectivity index (χ1) is 8.11. The Labute approximate surface area is 103 Å². The number of nitrogens with one attached hydrogen (secondary N) is 2. The summed E-state index contributed by atoms with van der Waals surface area (Å²) in [5.41, 5.74) is 2.09. The number of likely N-dealkylation sites (N-methyl/N-ethyl adjacent to an activating group) is 1. The monoisotopic (exact) mass is 235 g/mol. The van der Waals surface area contributed by atoms with E-state index < -0.39 is 0 Å². The van der Waals surface area contributed by atoms with Crippen LogP contribution in [0.3, 0.4) is 0 Å². The minimum atomic E-state index is -0.156. The van der Waals surface area contributed by atoms with E-state index in [1.54, 1.807) is 0 Å². The van der Waals surface area contributed by atoms with Crippen molar-refractivity contribution in [2.45, 2.75) is 13.3 Å². The van der Waals surface area contributed by atoms with E-state index in [0.29, 0.717) is 6.54 Å². The van der Waals surface area contributed by atoms with Gasteiger partial charge in [0.05, 0.1) is 0 Å². The Kier molecular flexibility index (Phi) is 5.49. The lowest BCUT2D eigenvalue weighted by Crippen LogP contribution is -2.34. The number of carbonyl (C=O) groups is 1. The maximum atomic E-state index is 11.5. The standard InChI is InChI=1S/C13H21N3O/c1-4-11-5-7-12(8-6-11)15-13(17)14-9-10-16(2)3/h5-8H,4,9-10H2,1-3H3,(H2,14,15,17). The summed E-state index contributed by atoms with van der Waals surface area (Å²) in [6, 6.07) is 7.73. The highest BCUT2D eigenvalue weighted by molar-refractivity contribution is 5.89. The van der Waals surface area contributed by atoms with Crippen molar-refractivity contribution in [1.29, 1.82) is 0 Å². The highest BCUT2D eigenvalue weighted by Crippen LogP contribution is 2.09. The normalized spacial score (nSPS) is 10.4. The summed E-state index contributed by atoms with van der Waals surface area (Å²) in [7, 11) is 3.95. The van der Waals surface area contributed by atoms with Gasteiger partial charge in [-0.3, -0.25) is 0 Å². The number of rotatable bonds is 5. The SMILES string of the molecule is CCc1ccc(NC(=O)NCCN(C)C)cc1. The zero-order valence-corrected chi connectivity index (χ0v) is 10.8. The van der Waals surface area contributed by atoms with Gasteiger partial charge in [0.15, 0.2) is 0 Å². The molecule has 2 N–H and O–H groups in total. The molecule has 0 fully saturated rings. The number of nitrogens with zero attached hydrogens (tertiary/aromatic N) is 1. The molecule has 1 aromatic carbocycles. The van der Waals surface area contributed by atoms with E-state index in [1.807, 2.05) is 43.3 Å². The third-order valence-corrected chi connectivity index (χ3v) is 2.46. The zero-order valence-electron chi connectivity index (χ0n) is 10.8. The molecule has 4 heteroatoms. The summed E-state index contributed by atoms with van der Waals surface area (Å²) in [4.78, 5) is 13.5. The van der Waals surface area contributed by atoms with Crippen LogP contribution in [0.2, 0.25) is 0 Å². The van der Waals surface area contributed by atoms with Crippen molar-refractivity contribution in [3.8, 4) is 0 Å². The predicted molar refractivity (Wildman–Crippen MR) is 71.4 cm³/mol. The first kappa shape index (κ1) is 13.5. The molecule has 4 nitrogen and oxygen atoms in total. The molecule has 0 radical (unpaired) electrons. The first-order valence-corrected chi connectivity index (χ1v) is 5.90. The van der Waals surface area contributed by atoms with E-state index in [0.717, 1.165) is 18.7 Å². The summed E-state index contributed by atoms with van der Waals surface area (Å²) in [6.45, 7) is 3.59. The van der Waals surface area contributed by atoms with Gasteiger partial charge in [0.25, 0.3) is 0 Å². The molecule has 0 heterocycles. The largest absolute Gasteiger partial charge is 0.337 e. The lowest BCUT2D eigenvalue weighted by atomic mass is 10.1. The third kappa shape index (κ3) is 5.36. The van der Waals surface area contributed by atoms with Crippen molar-refractivity contribution in [2.75, 3.05) is 32.5 Å². The average molecular weight is 235 g/mol. The predicted octanol–water partition coefficient (Wildman–Crippen LogP) is 1.93. The summed E-state index contributed by atoms with van der Waals surface area (Å²) in [5, 5.41) is 5.60. The number of benzene rings is 1. The fourth-order valence-corrected chi connectivity index (χ4v) is 1.39. The summed E-state index contributed by atoms with van der Waals surface area (Å²) in [5.74, 6) is 0. The van der Waals surface area contributed by atoms with Gasteiger partial charge in [-0.25, -0.2) is 4.79 Å². The zero-order chi connectivity index (χ0) is 12.7. The smallest absolute Gasteiger partial charge is 0.319 e. The van der Waals surface area contributed by atoms with Gasteiger partial charge < -0.3 is 15.5 Å². The summed E-state index contributed by atoms with van der Waals surface area (Å²) < 4.78 is 0. The molecule has 0 bridgehead atoms. The van der Waals surface area contributed by atoms with Crippen molar-refractivity contribution in [3.05, 3.63) is 29.8 Å². The highest BCUT2D eigenvalue weighted by Gasteiger charge is 2.00. The van der Waals surface area contributed by atoms with Gasteiger partial charge in [0.1, 0.15) is 0 Å². The molecule has 0 atom stereocenters. The Bertz CT molecular complexity index is 346. The second-order valence-electron chi connectivity index (χ2n) is 4.23. The van der Waals surface area contributed by atoms with Crippen LogP contribution in [0.15, 0.2) is 24.3 Å². The fourth-order valence-electron chi connectivity index (χ4n) is 1.39. The van der Waals surface area contributed by atoms with Crippen LogP contribution in [0, 0.1) is 0 Å². The van der Waals surface area contributed by atoms with Gasteiger partial charge in [0, 0.05) is 18.8 Å². The molecule has 0 aromatic heterocycles. The number of hydrogen-bond donors (Lipinski definition) is 2. The van der Waals surface area contributed by atoms with Crippen LogP contribution in [-0.2, 0) is 6.42 Å². The topological polar surface area (TPSA) is 44.4 Å². The Morgan fingerprint density at radius 2 is 1.88 bits per heavy atom. The number of aryl methyl sites for hydroxylation is 1. The molecule has 94 valence electrons. The molecule has 0 unspecified atom stereocenters. The van der Waals surface area contributed by atoms with Gasteiger partial charge in [0.2, 0.25) is 0 Å². The third-order valence-electron chi connectivity index (χ3n) is 2.46. The number of amides is 2. The molecular weight excluding hydrogens is 214 g/mol. The number of anilines is 1. The van der Waals surface area contributed by atoms with Gasteiger partial charge in [-0.05, 0) is 38.2 Å².